The van der Waals surface area contributed by atoms with E-state index in [1.54, 1.807) is 0 Å². The predicted octanol–water partition coefficient (Wildman–Crippen LogP) is 3.73. The molecule has 2 heteroatoms. The molecule has 0 saturated heterocycles. The van der Waals surface area contributed by atoms with Crippen LogP contribution >= 0.6 is 11.3 Å². The summed E-state index contributed by atoms with van der Waals surface area (Å²) in [4.78, 5) is 1.51. The molecular formula is C12H19NS. The normalized spacial score (nSPS) is 19.2. The molecule has 1 unspecified atom stereocenters. The first kappa shape index (κ1) is 10.2. The van der Waals surface area contributed by atoms with Crippen LogP contribution in [0.3, 0.4) is 0 Å². The zero-order valence-corrected chi connectivity index (χ0v) is 9.65. The van der Waals surface area contributed by atoms with E-state index in [-0.39, 0.29) is 0 Å². The summed E-state index contributed by atoms with van der Waals surface area (Å²) in [6.07, 6.45) is 6.72. The van der Waals surface area contributed by atoms with Gasteiger partial charge in [-0.2, -0.15) is 0 Å². The standard InChI is InChI=1S/C12H19NS/c1-2-5-11(12-8-4-9-14-12)13-10-6-3-7-10/h4,8-11,13H,2-3,5-7H2,1H3. The maximum absolute atomic E-state index is 3.77. The highest BCUT2D eigenvalue weighted by atomic mass is 32.1. The second-order valence-electron chi connectivity index (χ2n) is 4.15. The van der Waals surface area contributed by atoms with Crippen molar-refractivity contribution in [2.75, 3.05) is 0 Å². The highest BCUT2D eigenvalue weighted by Gasteiger charge is 2.21. The third kappa shape index (κ3) is 2.37. The van der Waals surface area contributed by atoms with Gasteiger partial charge in [0.05, 0.1) is 0 Å². The van der Waals surface area contributed by atoms with Crippen molar-refractivity contribution in [2.24, 2.45) is 0 Å². The minimum absolute atomic E-state index is 0.616. The van der Waals surface area contributed by atoms with E-state index in [1.165, 1.54) is 37.0 Å². The molecule has 1 heterocycles. The Morgan fingerprint density at radius 1 is 1.57 bits per heavy atom. The van der Waals surface area contributed by atoms with Gasteiger partial charge in [-0.3, -0.25) is 0 Å². The van der Waals surface area contributed by atoms with Gasteiger partial charge in [0, 0.05) is 17.0 Å². The first-order valence-electron chi connectivity index (χ1n) is 5.69. The van der Waals surface area contributed by atoms with Crippen LogP contribution in [0.5, 0.6) is 0 Å². The van der Waals surface area contributed by atoms with Crippen LogP contribution < -0.4 is 5.32 Å². The average molecular weight is 209 g/mol. The Kier molecular flexibility index (Phi) is 3.60. The van der Waals surface area contributed by atoms with Crippen molar-refractivity contribution < 1.29 is 0 Å². The molecule has 1 aliphatic rings. The second-order valence-corrected chi connectivity index (χ2v) is 5.13. The van der Waals surface area contributed by atoms with Gasteiger partial charge in [0.25, 0.3) is 0 Å². The van der Waals surface area contributed by atoms with Crippen molar-refractivity contribution in [3.05, 3.63) is 22.4 Å². The van der Waals surface area contributed by atoms with Crippen LogP contribution in [0.25, 0.3) is 0 Å². The molecule has 2 rings (SSSR count). The Bertz CT molecular complexity index is 251. The summed E-state index contributed by atoms with van der Waals surface area (Å²) in [5, 5.41) is 5.95. The average Bonchev–Trinajstić information content (AvgIpc) is 2.61. The fourth-order valence-electron chi connectivity index (χ4n) is 1.95. The third-order valence-corrected chi connectivity index (χ3v) is 3.99. The Labute approximate surface area is 90.5 Å². The maximum atomic E-state index is 3.77. The largest absolute Gasteiger partial charge is 0.306 e. The zero-order valence-electron chi connectivity index (χ0n) is 8.83. The van der Waals surface area contributed by atoms with Crippen LogP contribution in [-0.4, -0.2) is 6.04 Å². The minimum Gasteiger partial charge on any atom is -0.306 e. The lowest BCUT2D eigenvalue weighted by atomic mass is 9.92. The van der Waals surface area contributed by atoms with Crippen LogP contribution in [0.15, 0.2) is 17.5 Å². The van der Waals surface area contributed by atoms with Crippen molar-refractivity contribution in [2.45, 2.75) is 51.1 Å². The highest BCUT2D eigenvalue weighted by molar-refractivity contribution is 7.10. The van der Waals surface area contributed by atoms with E-state index in [9.17, 15) is 0 Å². The van der Waals surface area contributed by atoms with Gasteiger partial charge in [-0.05, 0) is 30.7 Å². The van der Waals surface area contributed by atoms with E-state index in [2.05, 4.69) is 29.8 Å². The summed E-state index contributed by atoms with van der Waals surface area (Å²) in [6, 6.07) is 5.83. The first-order chi connectivity index (χ1) is 6.90. The molecule has 0 aromatic carbocycles. The summed E-state index contributed by atoms with van der Waals surface area (Å²) in [5.41, 5.74) is 0. The minimum atomic E-state index is 0.616. The first-order valence-corrected chi connectivity index (χ1v) is 6.57. The summed E-state index contributed by atoms with van der Waals surface area (Å²) in [5.74, 6) is 0. The van der Waals surface area contributed by atoms with Gasteiger partial charge in [-0.15, -0.1) is 11.3 Å². The number of hydrogen-bond donors (Lipinski definition) is 1. The summed E-state index contributed by atoms with van der Waals surface area (Å²) in [7, 11) is 0. The zero-order chi connectivity index (χ0) is 9.80. The number of hydrogen-bond acceptors (Lipinski definition) is 2. The fourth-order valence-corrected chi connectivity index (χ4v) is 2.77. The quantitative estimate of drug-likeness (QED) is 0.779. The van der Waals surface area contributed by atoms with E-state index in [1.807, 2.05) is 11.3 Å². The molecule has 0 radical (unpaired) electrons. The Morgan fingerprint density at radius 3 is 2.93 bits per heavy atom. The van der Waals surface area contributed by atoms with Crippen LogP contribution in [0.4, 0.5) is 0 Å². The van der Waals surface area contributed by atoms with E-state index < -0.39 is 0 Å². The van der Waals surface area contributed by atoms with Gasteiger partial charge in [0.15, 0.2) is 0 Å². The monoisotopic (exact) mass is 209 g/mol. The molecule has 1 atom stereocenters. The molecular weight excluding hydrogens is 190 g/mol. The Balaban J connectivity index is 1.92. The molecule has 1 aliphatic carbocycles. The van der Waals surface area contributed by atoms with E-state index in [0.717, 1.165) is 6.04 Å². The smallest absolute Gasteiger partial charge is 0.0416 e. The lowest BCUT2D eigenvalue weighted by Gasteiger charge is -2.31. The van der Waals surface area contributed by atoms with Crippen molar-refractivity contribution in [3.8, 4) is 0 Å². The number of rotatable bonds is 5. The maximum Gasteiger partial charge on any atom is 0.0416 e. The topological polar surface area (TPSA) is 12.0 Å². The number of thiophene rings is 1. The van der Waals surface area contributed by atoms with Crippen LogP contribution in [0, 0.1) is 0 Å². The molecule has 0 amide bonds. The second kappa shape index (κ2) is 4.94. The van der Waals surface area contributed by atoms with Crippen LogP contribution in [0.2, 0.25) is 0 Å². The predicted molar refractivity (Wildman–Crippen MR) is 62.7 cm³/mol. The van der Waals surface area contributed by atoms with Gasteiger partial charge < -0.3 is 5.32 Å². The van der Waals surface area contributed by atoms with Crippen molar-refractivity contribution in [1.29, 1.82) is 0 Å². The fraction of sp³-hybridized carbons (Fsp3) is 0.667. The van der Waals surface area contributed by atoms with Crippen LogP contribution in [0.1, 0.15) is 49.9 Å². The van der Waals surface area contributed by atoms with Crippen molar-refractivity contribution in [1.82, 2.24) is 5.32 Å². The Hall–Kier alpha value is -0.340. The number of nitrogens with one attached hydrogen (secondary N) is 1. The van der Waals surface area contributed by atoms with Gasteiger partial charge in [0.2, 0.25) is 0 Å². The molecule has 1 aromatic heterocycles. The third-order valence-electron chi connectivity index (χ3n) is 3.01. The summed E-state index contributed by atoms with van der Waals surface area (Å²) < 4.78 is 0. The SMILES string of the molecule is CCCC(NC1CCC1)c1cccs1. The lowest BCUT2D eigenvalue weighted by molar-refractivity contribution is 0.299. The molecule has 1 nitrogen and oxygen atoms in total. The van der Waals surface area contributed by atoms with Crippen LogP contribution in [-0.2, 0) is 0 Å². The molecule has 1 fully saturated rings. The van der Waals surface area contributed by atoms with Gasteiger partial charge in [0.1, 0.15) is 0 Å². The molecule has 1 N–H and O–H groups in total. The van der Waals surface area contributed by atoms with Gasteiger partial charge in [-0.25, -0.2) is 0 Å². The van der Waals surface area contributed by atoms with E-state index in [0.29, 0.717) is 6.04 Å². The molecule has 0 bridgehead atoms. The van der Waals surface area contributed by atoms with E-state index in [4.69, 9.17) is 0 Å². The van der Waals surface area contributed by atoms with Crippen molar-refractivity contribution >= 4 is 11.3 Å². The van der Waals surface area contributed by atoms with Gasteiger partial charge >= 0.3 is 0 Å². The lowest BCUT2D eigenvalue weighted by Crippen LogP contribution is -2.37. The molecule has 0 aliphatic heterocycles. The molecule has 78 valence electrons. The van der Waals surface area contributed by atoms with E-state index >= 15 is 0 Å². The Morgan fingerprint density at radius 2 is 2.43 bits per heavy atom. The molecule has 0 spiro atoms. The van der Waals surface area contributed by atoms with Crippen molar-refractivity contribution in [3.63, 3.8) is 0 Å². The highest BCUT2D eigenvalue weighted by Crippen LogP contribution is 2.27. The van der Waals surface area contributed by atoms with Gasteiger partial charge in [-0.1, -0.05) is 25.8 Å². The molecule has 14 heavy (non-hydrogen) atoms. The summed E-state index contributed by atoms with van der Waals surface area (Å²) in [6.45, 7) is 2.27. The molecule has 1 saturated carbocycles. The molecule has 1 aromatic rings. The summed E-state index contributed by atoms with van der Waals surface area (Å²) >= 11 is 1.89.